The number of rotatable bonds is 7. The van der Waals surface area contributed by atoms with Crippen LogP contribution in [0.15, 0.2) is 24.4 Å². The van der Waals surface area contributed by atoms with Crippen molar-refractivity contribution < 1.29 is 14.1 Å². The summed E-state index contributed by atoms with van der Waals surface area (Å²) in [7, 11) is -1.03. The Bertz CT molecular complexity index is 1250. The summed E-state index contributed by atoms with van der Waals surface area (Å²) in [5, 5.41) is 8.62. The number of hydrogen-bond donors (Lipinski definition) is 3. The van der Waals surface area contributed by atoms with Crippen molar-refractivity contribution in [2.24, 2.45) is 5.92 Å². The molecule has 0 unspecified atom stereocenters. The predicted molar refractivity (Wildman–Crippen MR) is 138 cm³/mol. The molecular weight excluding hydrogens is 475 g/mol. The van der Waals surface area contributed by atoms with Crippen molar-refractivity contribution in [2.75, 3.05) is 49.7 Å². The molecule has 0 radical (unpaired) electrons. The molecule has 3 heterocycles. The van der Waals surface area contributed by atoms with Gasteiger partial charge in [-0.3, -0.25) is 4.79 Å². The van der Waals surface area contributed by atoms with Gasteiger partial charge in [0.05, 0.1) is 23.2 Å². The van der Waals surface area contributed by atoms with Crippen molar-refractivity contribution >= 4 is 58.4 Å². The van der Waals surface area contributed by atoms with Crippen LogP contribution in [0.4, 0.5) is 17.5 Å². The zero-order chi connectivity index (χ0) is 24.5. The fourth-order valence-corrected chi connectivity index (χ4v) is 6.80. The van der Waals surface area contributed by atoms with E-state index in [9.17, 15) is 9.36 Å². The Balaban J connectivity index is 1.61. The second-order valence-electron chi connectivity index (χ2n) is 8.88. The van der Waals surface area contributed by atoms with Gasteiger partial charge in [0.25, 0.3) is 0 Å². The number of H-pyrrole nitrogens is 1. The van der Waals surface area contributed by atoms with Gasteiger partial charge < -0.3 is 29.8 Å². The van der Waals surface area contributed by atoms with Crippen LogP contribution in [-0.2, 0) is 9.36 Å². The number of methoxy groups -OCH3 is 1. The first-order chi connectivity index (χ1) is 16.2. The lowest BCUT2D eigenvalue weighted by atomic mass is 10.2. The van der Waals surface area contributed by atoms with Gasteiger partial charge in [0.1, 0.15) is 24.4 Å². The minimum absolute atomic E-state index is 0.0194. The molecule has 9 nitrogen and oxygen atoms in total. The van der Waals surface area contributed by atoms with Crippen molar-refractivity contribution in [3.05, 3.63) is 29.4 Å². The summed E-state index contributed by atoms with van der Waals surface area (Å²) >= 11 is 6.34. The van der Waals surface area contributed by atoms with Crippen LogP contribution in [0.1, 0.15) is 20.8 Å². The Morgan fingerprint density at radius 2 is 2.03 bits per heavy atom. The summed E-state index contributed by atoms with van der Waals surface area (Å²) in [5.41, 5.74) is 1.28. The first kappa shape index (κ1) is 24.4. The zero-order valence-electron chi connectivity index (χ0n) is 19.8. The number of halogens is 1. The first-order valence-corrected chi connectivity index (χ1v) is 13.7. The molecule has 0 aliphatic carbocycles. The van der Waals surface area contributed by atoms with Crippen molar-refractivity contribution in [1.82, 2.24) is 19.9 Å². The molecule has 2 aromatic heterocycles. The van der Waals surface area contributed by atoms with E-state index in [1.165, 1.54) is 0 Å². The van der Waals surface area contributed by atoms with Crippen LogP contribution in [-0.4, -0.2) is 64.8 Å². The SMILES string of the molecule is COc1cc(P2(=O)CCN(C(C)=O)CC2)ccc1Nc1nc(NCC(C)C)c2c(Cl)c[nH]c2n1. The topological polar surface area (TPSA) is 112 Å². The van der Waals surface area contributed by atoms with Crippen LogP contribution in [0.2, 0.25) is 5.02 Å². The van der Waals surface area contributed by atoms with E-state index >= 15 is 0 Å². The van der Waals surface area contributed by atoms with Crippen molar-refractivity contribution in [2.45, 2.75) is 20.8 Å². The van der Waals surface area contributed by atoms with E-state index in [4.69, 9.17) is 16.3 Å². The average molecular weight is 505 g/mol. The number of hydrogen-bond acceptors (Lipinski definition) is 7. The number of anilines is 3. The van der Waals surface area contributed by atoms with Gasteiger partial charge in [-0.1, -0.05) is 25.4 Å². The molecule has 4 rings (SSSR count). The normalized spacial score (nSPS) is 15.5. The summed E-state index contributed by atoms with van der Waals surface area (Å²) in [6, 6.07) is 5.51. The molecule has 1 aliphatic rings. The van der Waals surface area contributed by atoms with Crippen molar-refractivity contribution in [3.8, 4) is 5.75 Å². The lowest BCUT2D eigenvalue weighted by Gasteiger charge is -2.32. The van der Waals surface area contributed by atoms with Gasteiger partial charge in [0.15, 0.2) is 0 Å². The number of carbonyl (C=O) groups excluding carboxylic acids is 1. The zero-order valence-corrected chi connectivity index (χ0v) is 21.5. The molecule has 0 saturated carbocycles. The number of nitrogens with zero attached hydrogens (tertiary/aromatic N) is 3. The Hall–Kier alpha value is -2.77. The van der Waals surface area contributed by atoms with Gasteiger partial charge in [-0.25, -0.2) is 0 Å². The highest BCUT2D eigenvalue weighted by Gasteiger charge is 2.32. The maximum absolute atomic E-state index is 13.6. The number of nitrogens with one attached hydrogen (secondary N) is 3. The van der Waals surface area contributed by atoms with Crippen molar-refractivity contribution in [1.29, 1.82) is 0 Å². The third-order valence-electron chi connectivity index (χ3n) is 5.97. The Kier molecular flexibility index (Phi) is 7.05. The average Bonchev–Trinajstić information content (AvgIpc) is 3.18. The number of amides is 1. The molecule has 3 N–H and O–H groups in total. The number of benzene rings is 1. The lowest BCUT2D eigenvalue weighted by molar-refractivity contribution is -0.128. The van der Waals surface area contributed by atoms with Gasteiger partial charge in [-0.15, -0.1) is 0 Å². The Morgan fingerprint density at radius 3 is 2.68 bits per heavy atom. The molecule has 0 spiro atoms. The second kappa shape index (κ2) is 9.84. The van der Waals surface area contributed by atoms with Crippen LogP contribution in [0.3, 0.4) is 0 Å². The van der Waals surface area contributed by atoms with E-state index in [2.05, 4.69) is 39.4 Å². The van der Waals surface area contributed by atoms with E-state index in [1.807, 2.05) is 18.2 Å². The van der Waals surface area contributed by atoms with Crippen LogP contribution in [0, 0.1) is 5.92 Å². The minimum atomic E-state index is -2.60. The van der Waals surface area contributed by atoms with E-state index in [0.29, 0.717) is 65.2 Å². The van der Waals surface area contributed by atoms with Crippen LogP contribution in [0.5, 0.6) is 5.75 Å². The van der Waals surface area contributed by atoms with E-state index in [0.717, 1.165) is 17.2 Å². The van der Waals surface area contributed by atoms with Gasteiger partial charge in [0.2, 0.25) is 11.9 Å². The Morgan fingerprint density at radius 1 is 1.29 bits per heavy atom. The molecule has 0 atom stereocenters. The molecular formula is C23H30ClN6O3P. The predicted octanol–water partition coefficient (Wildman–Crippen LogP) is 4.28. The molecule has 1 fully saturated rings. The largest absolute Gasteiger partial charge is 0.495 e. The quantitative estimate of drug-likeness (QED) is 0.412. The van der Waals surface area contributed by atoms with Gasteiger partial charge in [0, 0.05) is 50.4 Å². The number of aromatic amines is 1. The molecule has 34 heavy (non-hydrogen) atoms. The van der Waals surface area contributed by atoms with Crippen LogP contribution >= 0.6 is 18.7 Å². The summed E-state index contributed by atoms with van der Waals surface area (Å²) < 4.78 is 19.2. The fourth-order valence-electron chi connectivity index (χ4n) is 4.00. The molecule has 0 bridgehead atoms. The van der Waals surface area contributed by atoms with Gasteiger partial charge in [-0.2, -0.15) is 9.97 Å². The maximum Gasteiger partial charge on any atom is 0.231 e. The molecule has 3 aromatic rings. The van der Waals surface area contributed by atoms with E-state index < -0.39 is 7.14 Å². The second-order valence-corrected chi connectivity index (χ2v) is 12.5. The third-order valence-corrected chi connectivity index (χ3v) is 9.33. The maximum atomic E-state index is 13.6. The number of ether oxygens (including phenoxy) is 1. The summed E-state index contributed by atoms with van der Waals surface area (Å²) in [4.78, 5) is 25.7. The molecule has 1 aliphatic heterocycles. The number of fused-ring (bicyclic) bond motifs is 1. The highest BCUT2D eigenvalue weighted by molar-refractivity contribution is 7.71. The molecule has 182 valence electrons. The van der Waals surface area contributed by atoms with Crippen LogP contribution < -0.4 is 20.7 Å². The smallest absolute Gasteiger partial charge is 0.231 e. The van der Waals surface area contributed by atoms with Crippen LogP contribution in [0.25, 0.3) is 11.0 Å². The summed E-state index contributed by atoms with van der Waals surface area (Å²) in [6.07, 6.45) is 2.64. The fraction of sp³-hybridized carbons (Fsp3) is 0.435. The number of aromatic nitrogens is 3. The van der Waals surface area contributed by atoms with E-state index in [1.54, 1.807) is 25.1 Å². The first-order valence-electron chi connectivity index (χ1n) is 11.3. The minimum Gasteiger partial charge on any atom is -0.495 e. The standard InChI is InChI=1S/C23H30ClN6O3P/c1-14(2)12-25-21-20-17(24)13-26-22(20)29-23(28-21)27-18-6-5-16(11-19(18)33-4)34(32)9-7-30(8-10-34)15(3)31/h5-6,11,13-14H,7-10,12H2,1-4H3,(H3,25,26,27,28,29). The highest BCUT2D eigenvalue weighted by Crippen LogP contribution is 2.47. The highest BCUT2D eigenvalue weighted by atomic mass is 35.5. The molecule has 11 heteroatoms. The molecule has 1 amide bonds. The number of carbonyl (C=O) groups is 1. The summed E-state index contributed by atoms with van der Waals surface area (Å²) in [6.45, 7) is 7.53. The van der Waals surface area contributed by atoms with E-state index in [-0.39, 0.29) is 5.91 Å². The lowest BCUT2D eigenvalue weighted by Crippen LogP contribution is -2.39. The van der Waals surface area contributed by atoms with Gasteiger partial charge in [-0.05, 0) is 24.1 Å². The molecule has 1 aromatic carbocycles. The monoisotopic (exact) mass is 504 g/mol. The Labute approximate surface area is 204 Å². The third kappa shape index (κ3) is 5.00. The summed E-state index contributed by atoms with van der Waals surface area (Å²) in [5.74, 6) is 2.02. The van der Waals surface area contributed by atoms with Gasteiger partial charge >= 0.3 is 0 Å². The molecule has 1 saturated heterocycles. The van der Waals surface area contributed by atoms with Crippen molar-refractivity contribution in [3.63, 3.8) is 0 Å².